The van der Waals surface area contributed by atoms with Gasteiger partial charge in [-0.25, -0.2) is 4.98 Å². The second-order valence-corrected chi connectivity index (χ2v) is 10.8. The lowest BCUT2D eigenvalue weighted by Gasteiger charge is -2.14. The summed E-state index contributed by atoms with van der Waals surface area (Å²) in [6.07, 6.45) is 5.05. The summed E-state index contributed by atoms with van der Waals surface area (Å²) in [6, 6.07) is 21.3. The van der Waals surface area contributed by atoms with Gasteiger partial charge in [-0.15, -0.1) is 0 Å². The summed E-state index contributed by atoms with van der Waals surface area (Å²) in [5, 5.41) is 13.0. The molecule has 2 atom stereocenters. The smallest absolute Gasteiger partial charge is 0.294 e. The fraction of sp³-hybridized carbons (Fsp3) is 0.258. The van der Waals surface area contributed by atoms with E-state index in [0.717, 1.165) is 35.2 Å². The summed E-state index contributed by atoms with van der Waals surface area (Å²) in [5.41, 5.74) is 2.11. The minimum atomic E-state index is -1.17. The van der Waals surface area contributed by atoms with Crippen molar-refractivity contribution in [3.63, 3.8) is 0 Å². The normalized spacial score (nSPS) is 21.1. The van der Waals surface area contributed by atoms with Crippen LogP contribution in [0.3, 0.4) is 0 Å². The van der Waals surface area contributed by atoms with Gasteiger partial charge in [0.15, 0.2) is 0 Å². The molecule has 1 N–H and O–H groups in total. The number of aromatic nitrogens is 2. The SMILES string of the molecule is CC1(C)C(c2ccc(-c3cccc(-n4cc(C(=O)NC5CC5)c(=O)c5cccnc54)c3)cc2)C1(C#N)OC=O. The average Bonchev–Trinajstić information content (AvgIpc) is 3.85. The minimum Gasteiger partial charge on any atom is -0.445 e. The molecule has 0 spiro atoms. The lowest BCUT2D eigenvalue weighted by Crippen LogP contribution is -2.31. The van der Waals surface area contributed by atoms with Crippen molar-refractivity contribution in [2.24, 2.45) is 5.41 Å². The molecule has 2 aliphatic carbocycles. The van der Waals surface area contributed by atoms with Crippen LogP contribution in [-0.2, 0) is 9.53 Å². The van der Waals surface area contributed by atoms with Gasteiger partial charge in [-0.3, -0.25) is 14.4 Å². The highest BCUT2D eigenvalue weighted by molar-refractivity contribution is 5.97. The monoisotopic (exact) mass is 518 g/mol. The predicted molar refractivity (Wildman–Crippen MR) is 145 cm³/mol. The molecule has 2 heterocycles. The third kappa shape index (κ3) is 3.89. The van der Waals surface area contributed by atoms with Gasteiger partial charge >= 0.3 is 0 Å². The first kappa shape index (κ1) is 24.6. The first-order chi connectivity index (χ1) is 18.8. The quantitative estimate of drug-likeness (QED) is 0.360. The van der Waals surface area contributed by atoms with E-state index in [2.05, 4.69) is 16.4 Å². The van der Waals surface area contributed by atoms with Crippen LogP contribution in [0.5, 0.6) is 0 Å². The number of hydrogen-bond donors (Lipinski definition) is 1. The second-order valence-electron chi connectivity index (χ2n) is 10.8. The Kier molecular flexibility index (Phi) is 5.61. The zero-order valence-electron chi connectivity index (χ0n) is 21.5. The van der Waals surface area contributed by atoms with Gasteiger partial charge in [-0.05, 0) is 53.8 Å². The molecule has 6 rings (SSSR count). The summed E-state index contributed by atoms with van der Waals surface area (Å²) in [5.74, 6) is -0.594. The molecule has 8 heteroatoms. The molecule has 0 aliphatic heterocycles. The number of carbonyl (C=O) groups is 2. The molecule has 194 valence electrons. The number of carbonyl (C=O) groups excluding carboxylic acids is 2. The molecule has 39 heavy (non-hydrogen) atoms. The first-order valence-electron chi connectivity index (χ1n) is 12.9. The highest BCUT2D eigenvalue weighted by Crippen LogP contribution is 2.69. The fourth-order valence-corrected chi connectivity index (χ4v) is 5.62. The topological polar surface area (TPSA) is 114 Å². The Morgan fingerprint density at radius 1 is 1.13 bits per heavy atom. The molecule has 0 saturated heterocycles. The molecule has 2 aromatic heterocycles. The molecule has 2 unspecified atom stereocenters. The molecule has 4 aromatic rings. The third-order valence-corrected chi connectivity index (χ3v) is 8.02. The molecular formula is C31H26N4O4. The van der Waals surface area contributed by atoms with Gasteiger partial charge in [0.1, 0.15) is 17.3 Å². The van der Waals surface area contributed by atoms with Crippen molar-refractivity contribution >= 4 is 23.4 Å². The molecule has 2 aliphatic rings. The highest BCUT2D eigenvalue weighted by Gasteiger charge is 2.75. The van der Waals surface area contributed by atoms with E-state index in [-0.39, 0.29) is 28.9 Å². The summed E-state index contributed by atoms with van der Waals surface area (Å²) in [6.45, 7) is 4.19. The molecule has 2 fully saturated rings. The number of nitrogens with zero attached hydrogens (tertiary/aromatic N) is 3. The average molecular weight is 519 g/mol. The van der Waals surface area contributed by atoms with Crippen LogP contribution >= 0.6 is 0 Å². The molecular weight excluding hydrogens is 492 g/mol. The van der Waals surface area contributed by atoms with Gasteiger partial charge in [0, 0.05) is 35.5 Å². The molecule has 2 aromatic carbocycles. The number of amides is 1. The van der Waals surface area contributed by atoms with Gasteiger partial charge in [0.05, 0.1) is 5.39 Å². The van der Waals surface area contributed by atoms with E-state index in [1.807, 2.05) is 62.4 Å². The van der Waals surface area contributed by atoms with E-state index in [1.165, 1.54) is 0 Å². The van der Waals surface area contributed by atoms with Crippen LogP contribution in [0.25, 0.3) is 27.8 Å². The number of benzene rings is 2. The van der Waals surface area contributed by atoms with Crippen LogP contribution in [0.4, 0.5) is 0 Å². The maximum Gasteiger partial charge on any atom is 0.294 e. The van der Waals surface area contributed by atoms with E-state index in [1.54, 1.807) is 29.1 Å². The van der Waals surface area contributed by atoms with Crippen molar-refractivity contribution in [1.29, 1.82) is 5.26 Å². The zero-order chi connectivity index (χ0) is 27.4. The van der Waals surface area contributed by atoms with Crippen molar-refractivity contribution < 1.29 is 14.3 Å². The number of pyridine rings is 2. The Hall–Kier alpha value is -4.77. The third-order valence-electron chi connectivity index (χ3n) is 8.02. The van der Waals surface area contributed by atoms with Crippen molar-refractivity contribution in [3.05, 3.63) is 94.4 Å². The number of nitrogens with one attached hydrogen (secondary N) is 1. The maximum atomic E-state index is 13.1. The van der Waals surface area contributed by atoms with Crippen LogP contribution < -0.4 is 10.7 Å². The van der Waals surface area contributed by atoms with E-state index in [9.17, 15) is 19.6 Å². The van der Waals surface area contributed by atoms with Crippen LogP contribution in [0.2, 0.25) is 0 Å². The highest BCUT2D eigenvalue weighted by atomic mass is 16.5. The Morgan fingerprint density at radius 3 is 2.59 bits per heavy atom. The van der Waals surface area contributed by atoms with Gasteiger partial charge in [0.25, 0.3) is 12.4 Å². The number of rotatable bonds is 7. The first-order valence-corrected chi connectivity index (χ1v) is 12.9. The summed E-state index contributed by atoms with van der Waals surface area (Å²) in [7, 11) is 0. The van der Waals surface area contributed by atoms with E-state index in [4.69, 9.17) is 4.74 Å². The Morgan fingerprint density at radius 2 is 1.90 bits per heavy atom. The largest absolute Gasteiger partial charge is 0.445 e. The van der Waals surface area contributed by atoms with Crippen LogP contribution in [0, 0.1) is 16.7 Å². The van der Waals surface area contributed by atoms with Crippen molar-refractivity contribution in [3.8, 4) is 22.9 Å². The number of fused-ring (bicyclic) bond motifs is 1. The van der Waals surface area contributed by atoms with Crippen molar-refractivity contribution in [2.45, 2.75) is 44.2 Å². The Bertz CT molecular complexity index is 1730. The van der Waals surface area contributed by atoms with Gasteiger partial charge in [-0.1, -0.05) is 50.2 Å². The van der Waals surface area contributed by atoms with Crippen LogP contribution in [0.15, 0.2) is 77.9 Å². The van der Waals surface area contributed by atoms with Crippen molar-refractivity contribution in [2.75, 3.05) is 0 Å². The molecule has 0 radical (unpaired) electrons. The number of hydrogen-bond acceptors (Lipinski definition) is 6. The van der Waals surface area contributed by atoms with Crippen LogP contribution in [-0.4, -0.2) is 33.6 Å². The lowest BCUT2D eigenvalue weighted by atomic mass is 9.99. The van der Waals surface area contributed by atoms with Crippen molar-refractivity contribution in [1.82, 2.24) is 14.9 Å². The van der Waals surface area contributed by atoms with Gasteiger partial charge < -0.3 is 14.6 Å². The lowest BCUT2D eigenvalue weighted by molar-refractivity contribution is -0.134. The fourth-order valence-electron chi connectivity index (χ4n) is 5.62. The van der Waals surface area contributed by atoms with Crippen LogP contribution in [0.1, 0.15) is 48.5 Å². The van der Waals surface area contributed by atoms with Gasteiger partial charge in [0.2, 0.25) is 11.0 Å². The standard InChI is InChI=1S/C31H26N4O4/c1-30(2)27(31(30,17-32)39-18-36)20-10-8-19(9-11-20)21-5-3-6-23(15-21)35-16-25(29(38)34-22-12-13-22)26(37)24-7-4-14-33-28(24)35/h3-11,14-16,18,22,27H,12-13H2,1-2H3,(H,34,38). The Balaban J connectivity index is 1.37. The Labute approximate surface area is 224 Å². The molecule has 2 saturated carbocycles. The second kappa shape index (κ2) is 8.91. The van der Waals surface area contributed by atoms with E-state index >= 15 is 0 Å². The van der Waals surface area contributed by atoms with E-state index in [0.29, 0.717) is 17.5 Å². The zero-order valence-corrected chi connectivity index (χ0v) is 21.5. The predicted octanol–water partition coefficient (Wildman–Crippen LogP) is 4.50. The summed E-state index contributed by atoms with van der Waals surface area (Å²) in [4.78, 5) is 41.5. The number of ether oxygens (including phenoxy) is 1. The summed E-state index contributed by atoms with van der Waals surface area (Å²) < 4.78 is 7.02. The molecule has 0 bridgehead atoms. The number of nitriles is 1. The van der Waals surface area contributed by atoms with E-state index < -0.39 is 11.0 Å². The van der Waals surface area contributed by atoms with Gasteiger partial charge in [-0.2, -0.15) is 5.26 Å². The maximum absolute atomic E-state index is 13.1. The summed E-state index contributed by atoms with van der Waals surface area (Å²) >= 11 is 0. The molecule has 8 nitrogen and oxygen atoms in total. The minimum absolute atomic E-state index is 0.0859. The molecule has 1 amide bonds.